The molecule has 3 rings (SSSR count). The number of carboxylic acids is 1. The normalized spacial score (nSPS) is 14.7. The van der Waals surface area contributed by atoms with Crippen LogP contribution in [0.2, 0.25) is 0 Å². The Morgan fingerprint density at radius 1 is 1.04 bits per heavy atom. The third-order valence-corrected chi connectivity index (χ3v) is 5.05. The lowest BCUT2D eigenvalue weighted by Gasteiger charge is -2.32. The zero-order chi connectivity index (χ0) is 19.9. The summed E-state index contributed by atoms with van der Waals surface area (Å²) >= 11 is 0. The Morgan fingerprint density at radius 2 is 1.68 bits per heavy atom. The fourth-order valence-electron chi connectivity index (χ4n) is 3.46. The lowest BCUT2D eigenvalue weighted by atomic mass is 10.0. The maximum Gasteiger partial charge on any atom is 0.335 e. The number of ether oxygens (including phenoxy) is 2. The third kappa shape index (κ3) is 4.89. The first-order chi connectivity index (χ1) is 13.6. The van der Waals surface area contributed by atoms with Crippen molar-refractivity contribution in [3.05, 3.63) is 65.2 Å². The average Bonchev–Trinajstić information content (AvgIpc) is 2.73. The summed E-state index contributed by atoms with van der Waals surface area (Å²) in [5.41, 5.74) is 1.74. The molecule has 0 aliphatic carbocycles. The molecular formula is C22H25NO5. The van der Waals surface area contributed by atoms with Crippen molar-refractivity contribution in [2.24, 2.45) is 0 Å². The second-order valence-electron chi connectivity index (χ2n) is 6.84. The molecule has 1 amide bonds. The highest BCUT2D eigenvalue weighted by molar-refractivity contribution is 5.91. The fraction of sp³-hybridized carbons (Fsp3) is 0.364. The molecule has 2 aromatic rings. The predicted octanol–water partition coefficient (Wildman–Crippen LogP) is 3.14. The van der Waals surface area contributed by atoms with Crippen molar-refractivity contribution < 1.29 is 24.2 Å². The smallest absolute Gasteiger partial charge is 0.335 e. The highest BCUT2D eigenvalue weighted by Gasteiger charge is 2.24. The molecule has 6 heteroatoms. The van der Waals surface area contributed by atoms with Gasteiger partial charge < -0.3 is 19.5 Å². The zero-order valence-electron chi connectivity index (χ0n) is 16.0. The van der Waals surface area contributed by atoms with Crippen LogP contribution in [-0.4, -0.2) is 48.2 Å². The number of amides is 1. The van der Waals surface area contributed by atoms with Gasteiger partial charge in [-0.05, 0) is 30.5 Å². The van der Waals surface area contributed by atoms with Crippen molar-refractivity contribution in [1.29, 1.82) is 0 Å². The van der Waals surface area contributed by atoms with Crippen molar-refractivity contribution in [3.63, 3.8) is 0 Å². The number of rotatable bonds is 7. The number of piperidine rings is 1. The number of benzene rings is 2. The van der Waals surface area contributed by atoms with E-state index in [1.54, 1.807) is 30.2 Å². The van der Waals surface area contributed by atoms with Gasteiger partial charge in [0.2, 0.25) is 5.91 Å². The van der Waals surface area contributed by atoms with Crippen LogP contribution in [-0.2, 0) is 22.6 Å². The van der Waals surface area contributed by atoms with E-state index in [1.165, 1.54) is 6.07 Å². The standard InChI is InChI=1S/C22H25NO5/c1-27-20-9-5-3-7-17(20)15-28-18-10-12-23(13-11-18)21(24)14-16-6-2-4-8-19(16)22(25)26/h2-9,18H,10-15H2,1H3,(H,25,26). The molecule has 0 radical (unpaired) electrons. The molecule has 2 aromatic carbocycles. The van der Waals surface area contributed by atoms with E-state index in [4.69, 9.17) is 9.47 Å². The molecule has 0 bridgehead atoms. The second kappa shape index (κ2) is 9.37. The minimum atomic E-state index is -1.01. The fourth-order valence-corrected chi connectivity index (χ4v) is 3.46. The Kier molecular flexibility index (Phi) is 6.66. The van der Waals surface area contributed by atoms with E-state index < -0.39 is 5.97 Å². The monoisotopic (exact) mass is 383 g/mol. The van der Waals surface area contributed by atoms with Crippen LogP contribution in [0.5, 0.6) is 5.75 Å². The molecule has 148 valence electrons. The molecule has 1 saturated heterocycles. The molecule has 0 atom stereocenters. The molecule has 1 aliphatic rings. The number of hydrogen-bond acceptors (Lipinski definition) is 4. The van der Waals surface area contributed by atoms with Crippen LogP contribution < -0.4 is 4.74 Å². The van der Waals surface area contributed by atoms with Gasteiger partial charge in [-0.1, -0.05) is 36.4 Å². The molecule has 0 saturated carbocycles. The summed E-state index contributed by atoms with van der Waals surface area (Å²) in [6, 6.07) is 14.4. The summed E-state index contributed by atoms with van der Waals surface area (Å²) < 4.78 is 11.4. The molecule has 0 spiro atoms. The Morgan fingerprint density at radius 3 is 2.36 bits per heavy atom. The molecule has 1 fully saturated rings. The number of carboxylic acid groups (broad SMARTS) is 1. The Hall–Kier alpha value is -2.86. The maximum atomic E-state index is 12.6. The number of hydrogen-bond donors (Lipinski definition) is 1. The summed E-state index contributed by atoms with van der Waals surface area (Å²) in [5.74, 6) is -0.240. The SMILES string of the molecule is COc1ccccc1COC1CCN(C(=O)Cc2ccccc2C(=O)O)CC1. The molecule has 1 heterocycles. The van der Waals surface area contributed by atoms with Gasteiger partial charge in [0.15, 0.2) is 0 Å². The van der Waals surface area contributed by atoms with Crippen molar-refractivity contribution in [3.8, 4) is 5.75 Å². The van der Waals surface area contributed by atoms with E-state index in [0.717, 1.165) is 24.2 Å². The van der Waals surface area contributed by atoms with Crippen molar-refractivity contribution >= 4 is 11.9 Å². The predicted molar refractivity (Wildman–Crippen MR) is 104 cm³/mol. The Labute approximate surface area is 164 Å². The maximum absolute atomic E-state index is 12.6. The van der Waals surface area contributed by atoms with E-state index in [0.29, 0.717) is 25.3 Å². The molecular weight excluding hydrogens is 358 g/mol. The van der Waals surface area contributed by atoms with Gasteiger partial charge in [0.25, 0.3) is 0 Å². The number of methoxy groups -OCH3 is 1. The van der Waals surface area contributed by atoms with Crippen LogP contribution >= 0.6 is 0 Å². The summed E-state index contributed by atoms with van der Waals surface area (Å²) in [7, 11) is 1.64. The van der Waals surface area contributed by atoms with Crippen LogP contribution in [0.15, 0.2) is 48.5 Å². The van der Waals surface area contributed by atoms with Gasteiger partial charge in [-0.2, -0.15) is 0 Å². The van der Waals surface area contributed by atoms with Gasteiger partial charge in [-0.25, -0.2) is 4.79 Å². The summed E-state index contributed by atoms with van der Waals surface area (Å²) in [6.45, 7) is 1.71. The van der Waals surface area contributed by atoms with Crippen molar-refractivity contribution in [2.45, 2.75) is 32.0 Å². The van der Waals surface area contributed by atoms with Crippen LogP contribution in [0.4, 0.5) is 0 Å². The largest absolute Gasteiger partial charge is 0.496 e. The topological polar surface area (TPSA) is 76.1 Å². The first-order valence-corrected chi connectivity index (χ1v) is 9.41. The van der Waals surface area contributed by atoms with Gasteiger partial charge in [0, 0.05) is 18.7 Å². The lowest BCUT2D eigenvalue weighted by molar-refractivity contribution is -0.133. The van der Waals surface area contributed by atoms with E-state index in [-0.39, 0.29) is 24.0 Å². The highest BCUT2D eigenvalue weighted by atomic mass is 16.5. The van der Waals surface area contributed by atoms with Gasteiger partial charge >= 0.3 is 5.97 Å². The van der Waals surface area contributed by atoms with Gasteiger partial charge in [-0.15, -0.1) is 0 Å². The summed E-state index contributed by atoms with van der Waals surface area (Å²) in [4.78, 5) is 25.7. The van der Waals surface area contributed by atoms with Crippen LogP contribution in [0, 0.1) is 0 Å². The number of likely N-dealkylation sites (tertiary alicyclic amines) is 1. The van der Waals surface area contributed by atoms with E-state index >= 15 is 0 Å². The lowest BCUT2D eigenvalue weighted by Crippen LogP contribution is -2.41. The summed E-state index contributed by atoms with van der Waals surface area (Å²) in [6.07, 6.45) is 1.73. The molecule has 0 unspecified atom stereocenters. The third-order valence-electron chi connectivity index (χ3n) is 5.05. The highest BCUT2D eigenvalue weighted by Crippen LogP contribution is 2.22. The molecule has 6 nitrogen and oxygen atoms in total. The zero-order valence-corrected chi connectivity index (χ0v) is 16.0. The van der Waals surface area contributed by atoms with Crippen LogP contribution in [0.1, 0.15) is 34.3 Å². The average molecular weight is 383 g/mol. The number of carbonyl (C=O) groups is 2. The minimum Gasteiger partial charge on any atom is -0.496 e. The van der Waals surface area contributed by atoms with Crippen molar-refractivity contribution in [2.75, 3.05) is 20.2 Å². The van der Waals surface area contributed by atoms with E-state index in [9.17, 15) is 14.7 Å². The van der Waals surface area contributed by atoms with Gasteiger partial charge in [0.05, 0.1) is 31.8 Å². The molecule has 1 N–H and O–H groups in total. The van der Waals surface area contributed by atoms with Crippen LogP contribution in [0.3, 0.4) is 0 Å². The van der Waals surface area contributed by atoms with Crippen LogP contribution in [0.25, 0.3) is 0 Å². The molecule has 0 aromatic heterocycles. The van der Waals surface area contributed by atoms with Crippen molar-refractivity contribution in [1.82, 2.24) is 4.90 Å². The molecule has 1 aliphatic heterocycles. The summed E-state index contributed by atoms with van der Waals surface area (Å²) in [5, 5.41) is 9.26. The number of carbonyl (C=O) groups excluding carboxylic acids is 1. The number of para-hydroxylation sites is 1. The second-order valence-corrected chi connectivity index (χ2v) is 6.84. The van der Waals surface area contributed by atoms with E-state index in [2.05, 4.69) is 0 Å². The van der Waals surface area contributed by atoms with Gasteiger partial charge in [-0.3, -0.25) is 4.79 Å². The van der Waals surface area contributed by atoms with Gasteiger partial charge in [0.1, 0.15) is 5.75 Å². The quantitative estimate of drug-likeness (QED) is 0.795. The Bertz CT molecular complexity index is 827. The van der Waals surface area contributed by atoms with E-state index in [1.807, 2.05) is 24.3 Å². The first-order valence-electron chi connectivity index (χ1n) is 9.41. The first kappa shape index (κ1) is 19.9. The number of nitrogens with zero attached hydrogens (tertiary/aromatic N) is 1. The molecule has 28 heavy (non-hydrogen) atoms. The Balaban J connectivity index is 1.50. The number of aromatic carboxylic acids is 1. The minimum absolute atomic E-state index is 0.0446.